The minimum atomic E-state index is -0.0608. The standard InChI is InChI=1S/C12H12BrNO/c1-9-5-6-11(8-12(9)13)4-3-7-14-10(2)15/h5-6,8H,7H2,1-2H3,(H,14,15). The van der Waals surface area contributed by atoms with E-state index in [0.717, 1.165) is 10.0 Å². The van der Waals surface area contributed by atoms with Gasteiger partial charge in [-0.2, -0.15) is 0 Å². The minimum Gasteiger partial charge on any atom is -0.345 e. The van der Waals surface area contributed by atoms with Gasteiger partial charge in [0.2, 0.25) is 5.91 Å². The molecular weight excluding hydrogens is 254 g/mol. The van der Waals surface area contributed by atoms with E-state index in [4.69, 9.17) is 0 Å². The van der Waals surface area contributed by atoms with Crippen molar-refractivity contribution >= 4 is 21.8 Å². The first-order valence-electron chi connectivity index (χ1n) is 4.59. The monoisotopic (exact) mass is 265 g/mol. The molecule has 0 aliphatic carbocycles. The fourth-order valence-electron chi connectivity index (χ4n) is 0.986. The second-order valence-electron chi connectivity index (χ2n) is 3.18. The summed E-state index contributed by atoms with van der Waals surface area (Å²) in [6.45, 7) is 3.89. The van der Waals surface area contributed by atoms with Gasteiger partial charge in [-0.25, -0.2) is 0 Å². The number of amides is 1. The lowest BCUT2D eigenvalue weighted by atomic mass is 10.1. The molecule has 1 aromatic rings. The third-order valence-corrected chi connectivity index (χ3v) is 2.68. The summed E-state index contributed by atoms with van der Waals surface area (Å²) in [5.74, 6) is 5.79. The summed E-state index contributed by atoms with van der Waals surface area (Å²) in [7, 11) is 0. The van der Waals surface area contributed by atoms with Crippen LogP contribution in [-0.4, -0.2) is 12.5 Å². The van der Waals surface area contributed by atoms with Crippen LogP contribution in [0.15, 0.2) is 22.7 Å². The van der Waals surface area contributed by atoms with E-state index in [1.807, 2.05) is 25.1 Å². The lowest BCUT2D eigenvalue weighted by Gasteiger charge is -1.97. The van der Waals surface area contributed by atoms with Crippen LogP contribution in [0.5, 0.6) is 0 Å². The second-order valence-corrected chi connectivity index (χ2v) is 4.03. The molecule has 2 nitrogen and oxygen atoms in total. The number of aryl methyl sites for hydroxylation is 1. The van der Waals surface area contributed by atoms with Gasteiger partial charge >= 0.3 is 0 Å². The highest BCUT2D eigenvalue weighted by atomic mass is 79.9. The Morgan fingerprint density at radius 3 is 2.87 bits per heavy atom. The van der Waals surface area contributed by atoms with Gasteiger partial charge in [-0.05, 0) is 24.6 Å². The Balaban J connectivity index is 2.64. The van der Waals surface area contributed by atoms with Crippen LogP contribution in [0.25, 0.3) is 0 Å². The number of hydrogen-bond donors (Lipinski definition) is 1. The van der Waals surface area contributed by atoms with Gasteiger partial charge < -0.3 is 5.32 Å². The van der Waals surface area contributed by atoms with Gasteiger partial charge in [-0.15, -0.1) is 0 Å². The number of hydrogen-bond acceptors (Lipinski definition) is 1. The molecule has 15 heavy (non-hydrogen) atoms. The van der Waals surface area contributed by atoms with Crippen LogP contribution in [-0.2, 0) is 4.79 Å². The first-order chi connectivity index (χ1) is 7.09. The van der Waals surface area contributed by atoms with E-state index < -0.39 is 0 Å². The predicted molar refractivity (Wildman–Crippen MR) is 64.4 cm³/mol. The summed E-state index contributed by atoms with van der Waals surface area (Å²) >= 11 is 3.44. The molecule has 0 fully saturated rings. The van der Waals surface area contributed by atoms with E-state index in [1.165, 1.54) is 12.5 Å². The molecule has 0 aromatic heterocycles. The molecule has 0 saturated heterocycles. The Morgan fingerprint density at radius 2 is 2.27 bits per heavy atom. The zero-order valence-corrected chi connectivity index (χ0v) is 10.3. The molecule has 0 aliphatic heterocycles. The highest BCUT2D eigenvalue weighted by molar-refractivity contribution is 9.10. The molecule has 1 aromatic carbocycles. The van der Waals surface area contributed by atoms with Crippen molar-refractivity contribution in [2.24, 2.45) is 0 Å². The van der Waals surface area contributed by atoms with Crippen molar-refractivity contribution in [3.05, 3.63) is 33.8 Å². The zero-order valence-electron chi connectivity index (χ0n) is 8.73. The average molecular weight is 266 g/mol. The lowest BCUT2D eigenvalue weighted by Crippen LogP contribution is -2.19. The fourth-order valence-corrected chi connectivity index (χ4v) is 1.36. The molecule has 0 radical (unpaired) electrons. The van der Waals surface area contributed by atoms with Gasteiger partial charge in [0.15, 0.2) is 0 Å². The molecule has 0 spiro atoms. The number of carbonyl (C=O) groups excluding carboxylic acids is 1. The summed E-state index contributed by atoms with van der Waals surface area (Å²) in [5, 5.41) is 2.62. The maximum Gasteiger partial charge on any atom is 0.217 e. The number of carbonyl (C=O) groups is 1. The first-order valence-corrected chi connectivity index (χ1v) is 5.38. The van der Waals surface area contributed by atoms with Crippen molar-refractivity contribution in [1.82, 2.24) is 5.32 Å². The number of benzene rings is 1. The molecule has 0 bridgehead atoms. The lowest BCUT2D eigenvalue weighted by molar-refractivity contribution is -0.118. The topological polar surface area (TPSA) is 29.1 Å². The average Bonchev–Trinajstić information content (AvgIpc) is 2.18. The van der Waals surface area contributed by atoms with Crippen molar-refractivity contribution in [1.29, 1.82) is 0 Å². The van der Waals surface area contributed by atoms with Crippen LogP contribution < -0.4 is 5.32 Å². The molecule has 0 unspecified atom stereocenters. The van der Waals surface area contributed by atoms with Gasteiger partial charge in [0.25, 0.3) is 0 Å². The Hall–Kier alpha value is -1.27. The fraction of sp³-hybridized carbons (Fsp3) is 0.250. The second kappa shape index (κ2) is 5.57. The Bertz CT molecular complexity index is 429. The molecule has 0 heterocycles. The Kier molecular flexibility index (Phi) is 4.38. The van der Waals surface area contributed by atoms with Crippen molar-refractivity contribution in [3.63, 3.8) is 0 Å². The van der Waals surface area contributed by atoms with Crippen LogP contribution in [0.4, 0.5) is 0 Å². The molecule has 0 aliphatic rings. The molecule has 1 rings (SSSR count). The van der Waals surface area contributed by atoms with Crippen LogP contribution in [0, 0.1) is 18.8 Å². The summed E-state index contributed by atoms with van der Waals surface area (Å²) in [4.78, 5) is 10.6. The highest BCUT2D eigenvalue weighted by Crippen LogP contribution is 2.16. The summed E-state index contributed by atoms with van der Waals surface area (Å²) in [6.07, 6.45) is 0. The van der Waals surface area contributed by atoms with E-state index >= 15 is 0 Å². The van der Waals surface area contributed by atoms with Crippen LogP contribution in [0.1, 0.15) is 18.1 Å². The van der Waals surface area contributed by atoms with E-state index in [9.17, 15) is 4.79 Å². The third kappa shape index (κ3) is 4.18. The highest BCUT2D eigenvalue weighted by Gasteiger charge is 1.93. The molecule has 0 saturated carbocycles. The maximum atomic E-state index is 10.6. The van der Waals surface area contributed by atoms with E-state index in [0.29, 0.717) is 6.54 Å². The first kappa shape index (κ1) is 11.8. The largest absolute Gasteiger partial charge is 0.345 e. The Labute approximate surface area is 98.2 Å². The third-order valence-electron chi connectivity index (χ3n) is 1.83. The smallest absolute Gasteiger partial charge is 0.217 e. The van der Waals surface area contributed by atoms with Crippen molar-refractivity contribution in [2.45, 2.75) is 13.8 Å². The van der Waals surface area contributed by atoms with Crippen molar-refractivity contribution < 1.29 is 4.79 Å². The molecule has 1 N–H and O–H groups in total. The van der Waals surface area contributed by atoms with E-state index in [2.05, 4.69) is 33.1 Å². The minimum absolute atomic E-state index is 0.0608. The summed E-state index contributed by atoms with van der Waals surface area (Å²) in [6, 6.07) is 5.93. The zero-order chi connectivity index (χ0) is 11.3. The number of halogens is 1. The maximum absolute atomic E-state index is 10.6. The van der Waals surface area contributed by atoms with Crippen molar-refractivity contribution in [2.75, 3.05) is 6.54 Å². The van der Waals surface area contributed by atoms with Crippen LogP contribution in [0.3, 0.4) is 0 Å². The molecule has 0 atom stereocenters. The molecule has 3 heteroatoms. The van der Waals surface area contributed by atoms with E-state index in [-0.39, 0.29) is 5.91 Å². The summed E-state index contributed by atoms with van der Waals surface area (Å²) in [5.41, 5.74) is 2.13. The van der Waals surface area contributed by atoms with Crippen LogP contribution in [0.2, 0.25) is 0 Å². The van der Waals surface area contributed by atoms with Crippen LogP contribution >= 0.6 is 15.9 Å². The molecular formula is C12H12BrNO. The van der Waals surface area contributed by atoms with Gasteiger partial charge in [0.1, 0.15) is 0 Å². The summed E-state index contributed by atoms with van der Waals surface area (Å²) < 4.78 is 1.05. The van der Waals surface area contributed by atoms with Gasteiger partial charge in [-0.3, -0.25) is 4.79 Å². The Morgan fingerprint density at radius 1 is 1.53 bits per heavy atom. The number of rotatable bonds is 1. The predicted octanol–water partition coefficient (Wildman–Crippen LogP) is 2.25. The van der Waals surface area contributed by atoms with Gasteiger partial charge in [0, 0.05) is 17.0 Å². The molecule has 78 valence electrons. The van der Waals surface area contributed by atoms with E-state index in [1.54, 1.807) is 0 Å². The molecule has 1 amide bonds. The van der Waals surface area contributed by atoms with Gasteiger partial charge in [-0.1, -0.05) is 33.8 Å². The quantitative estimate of drug-likeness (QED) is 0.776. The van der Waals surface area contributed by atoms with Gasteiger partial charge in [0.05, 0.1) is 6.54 Å². The van der Waals surface area contributed by atoms with Crippen molar-refractivity contribution in [3.8, 4) is 11.8 Å². The SMILES string of the molecule is CC(=O)NCC#Cc1ccc(C)c(Br)c1. The number of nitrogens with one attached hydrogen (secondary N) is 1. The normalized spacial score (nSPS) is 9.00.